The maximum absolute atomic E-state index is 13.5. The molecule has 6 nitrogen and oxygen atoms in total. The first-order valence-electron chi connectivity index (χ1n) is 12.7. The SMILES string of the molecule is COc1cccc(C[C@H]2CC[C@@H]3CN(C(=O)c4ccccc4OCCN4CCOCC4)C[C@H]23)c1. The Labute approximate surface area is 202 Å². The molecule has 3 atom stereocenters. The Balaban J connectivity index is 1.19. The summed E-state index contributed by atoms with van der Waals surface area (Å²) in [5.74, 6) is 3.52. The number of carbonyl (C=O) groups excluding carboxylic acids is 1. The number of para-hydroxylation sites is 1. The molecule has 1 amide bonds. The van der Waals surface area contributed by atoms with Gasteiger partial charge in [0.25, 0.3) is 5.91 Å². The highest BCUT2D eigenvalue weighted by molar-refractivity contribution is 5.97. The van der Waals surface area contributed by atoms with E-state index in [1.807, 2.05) is 30.3 Å². The Hall–Kier alpha value is -2.57. The smallest absolute Gasteiger partial charge is 0.257 e. The van der Waals surface area contributed by atoms with Crippen LogP contribution in [0.3, 0.4) is 0 Å². The fraction of sp³-hybridized carbons (Fsp3) is 0.536. The monoisotopic (exact) mass is 464 g/mol. The number of carbonyl (C=O) groups is 1. The van der Waals surface area contributed by atoms with Gasteiger partial charge in [-0.25, -0.2) is 0 Å². The van der Waals surface area contributed by atoms with Crippen molar-refractivity contribution in [2.75, 3.05) is 59.7 Å². The molecule has 2 aromatic rings. The van der Waals surface area contributed by atoms with Crippen molar-refractivity contribution in [3.63, 3.8) is 0 Å². The Morgan fingerprint density at radius 2 is 1.91 bits per heavy atom. The lowest BCUT2D eigenvalue weighted by molar-refractivity contribution is 0.0322. The fourth-order valence-electron chi connectivity index (χ4n) is 5.95. The van der Waals surface area contributed by atoms with Gasteiger partial charge in [-0.1, -0.05) is 24.3 Å². The van der Waals surface area contributed by atoms with Gasteiger partial charge in [-0.05, 0) is 66.8 Å². The minimum absolute atomic E-state index is 0.108. The largest absolute Gasteiger partial charge is 0.497 e. The highest BCUT2D eigenvalue weighted by Crippen LogP contribution is 2.44. The molecule has 5 rings (SSSR count). The number of methoxy groups -OCH3 is 1. The molecule has 2 aliphatic heterocycles. The van der Waals surface area contributed by atoms with Crippen LogP contribution in [0.1, 0.15) is 28.8 Å². The van der Waals surface area contributed by atoms with Crippen molar-refractivity contribution in [3.8, 4) is 11.5 Å². The van der Waals surface area contributed by atoms with Crippen LogP contribution in [0.4, 0.5) is 0 Å². The molecular formula is C28H36N2O4. The van der Waals surface area contributed by atoms with Crippen LogP contribution in [0, 0.1) is 17.8 Å². The molecule has 0 spiro atoms. The molecule has 0 N–H and O–H groups in total. The number of morpholine rings is 1. The third-order valence-corrected chi connectivity index (χ3v) is 7.81. The van der Waals surface area contributed by atoms with E-state index in [1.165, 1.54) is 18.4 Å². The third kappa shape index (κ3) is 5.23. The fourth-order valence-corrected chi connectivity index (χ4v) is 5.95. The second-order valence-corrected chi connectivity index (χ2v) is 9.83. The van der Waals surface area contributed by atoms with E-state index in [4.69, 9.17) is 14.2 Å². The second-order valence-electron chi connectivity index (χ2n) is 9.83. The second kappa shape index (κ2) is 10.8. The normalized spacial score (nSPS) is 24.7. The number of likely N-dealkylation sites (tertiary alicyclic amines) is 1. The number of ether oxygens (including phenoxy) is 3. The van der Waals surface area contributed by atoms with Crippen LogP contribution in [0.15, 0.2) is 48.5 Å². The van der Waals surface area contributed by atoms with Crippen molar-refractivity contribution < 1.29 is 19.0 Å². The summed E-state index contributed by atoms with van der Waals surface area (Å²) in [6, 6.07) is 16.1. The predicted molar refractivity (Wildman–Crippen MR) is 132 cm³/mol. The molecule has 2 saturated heterocycles. The zero-order valence-corrected chi connectivity index (χ0v) is 20.2. The molecule has 6 heteroatoms. The summed E-state index contributed by atoms with van der Waals surface area (Å²) in [6.07, 6.45) is 3.51. The molecule has 2 aromatic carbocycles. The van der Waals surface area contributed by atoms with Gasteiger partial charge < -0.3 is 19.1 Å². The Bertz CT molecular complexity index is 974. The summed E-state index contributed by atoms with van der Waals surface area (Å²) in [5, 5.41) is 0. The molecule has 182 valence electrons. The Morgan fingerprint density at radius 1 is 1.06 bits per heavy atom. The summed E-state index contributed by atoms with van der Waals surface area (Å²) in [5.41, 5.74) is 2.02. The zero-order chi connectivity index (χ0) is 23.3. The summed E-state index contributed by atoms with van der Waals surface area (Å²) in [7, 11) is 1.72. The molecule has 3 aliphatic rings. The van der Waals surface area contributed by atoms with Crippen LogP contribution in [-0.2, 0) is 11.2 Å². The molecule has 1 aliphatic carbocycles. The van der Waals surface area contributed by atoms with Crippen molar-refractivity contribution in [2.45, 2.75) is 19.3 Å². The first-order valence-corrected chi connectivity index (χ1v) is 12.7. The minimum Gasteiger partial charge on any atom is -0.497 e. The van der Waals surface area contributed by atoms with Crippen molar-refractivity contribution in [2.24, 2.45) is 17.8 Å². The van der Waals surface area contributed by atoms with Gasteiger partial charge in [-0.3, -0.25) is 9.69 Å². The lowest BCUT2D eigenvalue weighted by Gasteiger charge is -2.26. The van der Waals surface area contributed by atoms with E-state index in [1.54, 1.807) is 7.11 Å². The van der Waals surface area contributed by atoms with E-state index in [0.717, 1.165) is 58.1 Å². The van der Waals surface area contributed by atoms with Gasteiger partial charge in [-0.2, -0.15) is 0 Å². The number of hydrogen-bond acceptors (Lipinski definition) is 5. The van der Waals surface area contributed by atoms with E-state index < -0.39 is 0 Å². The van der Waals surface area contributed by atoms with Gasteiger partial charge in [0, 0.05) is 32.7 Å². The average Bonchev–Trinajstić information content (AvgIpc) is 3.47. The molecule has 3 fully saturated rings. The molecule has 1 saturated carbocycles. The maximum atomic E-state index is 13.5. The molecule has 0 radical (unpaired) electrons. The van der Waals surface area contributed by atoms with Crippen molar-refractivity contribution >= 4 is 5.91 Å². The van der Waals surface area contributed by atoms with Crippen LogP contribution in [-0.4, -0.2) is 75.4 Å². The van der Waals surface area contributed by atoms with Crippen LogP contribution < -0.4 is 9.47 Å². The number of hydrogen-bond donors (Lipinski definition) is 0. The van der Waals surface area contributed by atoms with E-state index in [0.29, 0.717) is 35.7 Å². The molecule has 0 bridgehead atoms. The third-order valence-electron chi connectivity index (χ3n) is 7.81. The number of fused-ring (bicyclic) bond motifs is 1. The predicted octanol–water partition coefficient (Wildman–Crippen LogP) is 3.75. The summed E-state index contributed by atoms with van der Waals surface area (Å²) < 4.78 is 16.9. The molecule has 34 heavy (non-hydrogen) atoms. The van der Waals surface area contributed by atoms with Gasteiger partial charge in [0.15, 0.2) is 0 Å². The van der Waals surface area contributed by atoms with Crippen molar-refractivity contribution in [3.05, 3.63) is 59.7 Å². The minimum atomic E-state index is 0.108. The average molecular weight is 465 g/mol. The van der Waals surface area contributed by atoms with E-state index in [-0.39, 0.29) is 5.91 Å². The molecular weight excluding hydrogens is 428 g/mol. The quantitative estimate of drug-likeness (QED) is 0.596. The number of nitrogens with zero attached hydrogens (tertiary/aromatic N) is 2. The summed E-state index contributed by atoms with van der Waals surface area (Å²) in [4.78, 5) is 17.9. The Kier molecular flexibility index (Phi) is 7.36. The standard InChI is InChI=1S/C28H36N2O4/c1-32-24-6-4-5-21(18-24)17-22-9-10-23-19-30(20-26(22)23)28(31)25-7-2-3-8-27(25)34-16-13-29-11-14-33-15-12-29/h2-8,18,22-23,26H,9-17,19-20H2,1H3/t22-,23-,26-/m1/s1. The van der Waals surface area contributed by atoms with E-state index >= 15 is 0 Å². The van der Waals surface area contributed by atoms with Gasteiger partial charge in [0.2, 0.25) is 0 Å². The van der Waals surface area contributed by atoms with E-state index in [9.17, 15) is 4.79 Å². The van der Waals surface area contributed by atoms with Crippen molar-refractivity contribution in [1.29, 1.82) is 0 Å². The first-order chi connectivity index (χ1) is 16.7. The van der Waals surface area contributed by atoms with Gasteiger partial charge in [0.1, 0.15) is 18.1 Å². The van der Waals surface area contributed by atoms with Crippen LogP contribution in [0.2, 0.25) is 0 Å². The van der Waals surface area contributed by atoms with Gasteiger partial charge in [-0.15, -0.1) is 0 Å². The number of rotatable bonds is 8. The highest BCUT2D eigenvalue weighted by atomic mass is 16.5. The lowest BCUT2D eigenvalue weighted by Crippen LogP contribution is -2.38. The van der Waals surface area contributed by atoms with Crippen molar-refractivity contribution in [1.82, 2.24) is 9.80 Å². The van der Waals surface area contributed by atoms with Crippen LogP contribution >= 0.6 is 0 Å². The van der Waals surface area contributed by atoms with Gasteiger partial charge >= 0.3 is 0 Å². The van der Waals surface area contributed by atoms with E-state index in [2.05, 4.69) is 28.0 Å². The van der Waals surface area contributed by atoms with Gasteiger partial charge in [0.05, 0.1) is 25.9 Å². The van der Waals surface area contributed by atoms with Crippen LogP contribution in [0.25, 0.3) is 0 Å². The first kappa shape index (κ1) is 23.2. The molecule has 0 unspecified atom stereocenters. The molecule has 2 heterocycles. The highest BCUT2D eigenvalue weighted by Gasteiger charge is 2.44. The number of amides is 1. The lowest BCUT2D eigenvalue weighted by atomic mass is 9.87. The Morgan fingerprint density at radius 3 is 2.76 bits per heavy atom. The van der Waals surface area contributed by atoms with Crippen LogP contribution in [0.5, 0.6) is 11.5 Å². The summed E-state index contributed by atoms with van der Waals surface area (Å²) in [6.45, 7) is 6.59. The molecule has 0 aromatic heterocycles. The number of benzene rings is 2. The zero-order valence-electron chi connectivity index (χ0n) is 20.2. The maximum Gasteiger partial charge on any atom is 0.257 e. The topological polar surface area (TPSA) is 51.2 Å². The summed E-state index contributed by atoms with van der Waals surface area (Å²) >= 11 is 0.